The molecule has 0 saturated carbocycles. The van der Waals surface area contributed by atoms with Gasteiger partial charge in [-0.3, -0.25) is 4.79 Å². The third kappa shape index (κ3) is 6.82. The molecule has 0 unspecified atom stereocenters. The molecule has 126 valence electrons. The third-order valence-corrected chi connectivity index (χ3v) is 2.84. The lowest BCUT2D eigenvalue weighted by Crippen LogP contribution is -2.53. The second-order valence-corrected chi connectivity index (χ2v) is 5.31. The summed E-state index contributed by atoms with van der Waals surface area (Å²) in [6.07, 6.45) is -0.710. The number of alkyl carbamates (subject to hydrolysis) is 1. The molecule has 1 rings (SSSR count). The molecule has 0 aliphatic carbocycles. The van der Waals surface area contributed by atoms with Crippen LogP contribution in [0.4, 0.5) is 4.79 Å². The Morgan fingerprint density at radius 1 is 1.09 bits per heavy atom. The van der Waals surface area contributed by atoms with E-state index in [9.17, 15) is 14.4 Å². The van der Waals surface area contributed by atoms with Gasteiger partial charge in [-0.1, -0.05) is 30.3 Å². The second kappa shape index (κ2) is 8.77. The number of carbonyl (C=O) groups excluding carboxylic acids is 3. The van der Waals surface area contributed by atoms with Gasteiger partial charge in [-0.25, -0.2) is 9.59 Å². The van der Waals surface area contributed by atoms with Gasteiger partial charge in [0.1, 0.15) is 18.7 Å². The number of hydrogen-bond donors (Lipinski definition) is 2. The first-order valence-electron chi connectivity index (χ1n) is 7.28. The van der Waals surface area contributed by atoms with E-state index in [1.807, 2.05) is 30.3 Å². The van der Waals surface area contributed by atoms with Gasteiger partial charge < -0.3 is 20.1 Å². The fourth-order valence-electron chi connectivity index (χ4n) is 1.68. The van der Waals surface area contributed by atoms with Crippen molar-refractivity contribution < 1.29 is 23.9 Å². The van der Waals surface area contributed by atoms with Gasteiger partial charge in [-0.15, -0.1) is 0 Å². The normalized spacial score (nSPS) is 10.6. The van der Waals surface area contributed by atoms with Crippen LogP contribution in [-0.4, -0.2) is 36.7 Å². The van der Waals surface area contributed by atoms with Crippen molar-refractivity contribution >= 4 is 18.0 Å². The molecule has 2 N–H and O–H groups in total. The smallest absolute Gasteiger partial charge is 0.407 e. The van der Waals surface area contributed by atoms with E-state index in [4.69, 9.17) is 9.47 Å². The Morgan fingerprint density at radius 3 is 2.35 bits per heavy atom. The van der Waals surface area contributed by atoms with Crippen LogP contribution in [0.2, 0.25) is 0 Å². The Bertz CT molecular complexity index is 543. The first-order chi connectivity index (χ1) is 10.8. The standard InChI is InChI=1S/C16H22N2O5/c1-4-22-14(20)16(2,3)18-13(19)10-17-15(21)23-11-12-8-6-5-7-9-12/h5-9H,4,10-11H2,1-3H3,(H,17,21)(H,18,19). The Labute approximate surface area is 135 Å². The zero-order chi connectivity index (χ0) is 17.3. The SMILES string of the molecule is CCOC(=O)C(C)(C)NC(=O)CNC(=O)OCc1ccccc1. The van der Waals surface area contributed by atoms with Gasteiger partial charge in [-0.05, 0) is 26.3 Å². The molecule has 0 bridgehead atoms. The summed E-state index contributed by atoms with van der Waals surface area (Å²) in [7, 11) is 0. The van der Waals surface area contributed by atoms with E-state index >= 15 is 0 Å². The summed E-state index contributed by atoms with van der Waals surface area (Å²) >= 11 is 0. The Hall–Kier alpha value is -2.57. The molecule has 0 aliphatic heterocycles. The van der Waals surface area contributed by atoms with Gasteiger partial charge in [0, 0.05) is 0 Å². The average Bonchev–Trinajstić information content (AvgIpc) is 2.51. The van der Waals surface area contributed by atoms with E-state index in [2.05, 4.69) is 10.6 Å². The summed E-state index contributed by atoms with van der Waals surface area (Å²) in [6, 6.07) is 9.17. The summed E-state index contributed by atoms with van der Waals surface area (Å²) in [5.74, 6) is -1.06. The predicted molar refractivity (Wildman–Crippen MR) is 83.5 cm³/mol. The van der Waals surface area contributed by atoms with Crippen LogP contribution in [0.1, 0.15) is 26.3 Å². The molecular formula is C16H22N2O5. The fraction of sp³-hybridized carbons (Fsp3) is 0.438. The molecule has 0 aliphatic rings. The minimum Gasteiger partial charge on any atom is -0.464 e. The van der Waals surface area contributed by atoms with Crippen LogP contribution in [0.15, 0.2) is 30.3 Å². The van der Waals surface area contributed by atoms with Gasteiger partial charge in [0.2, 0.25) is 5.91 Å². The number of benzene rings is 1. The molecule has 0 aromatic heterocycles. The van der Waals surface area contributed by atoms with E-state index in [0.717, 1.165) is 5.56 Å². The largest absolute Gasteiger partial charge is 0.464 e. The van der Waals surface area contributed by atoms with Crippen molar-refractivity contribution in [2.24, 2.45) is 0 Å². The third-order valence-electron chi connectivity index (χ3n) is 2.84. The first kappa shape index (κ1) is 18.5. The van der Waals surface area contributed by atoms with Gasteiger partial charge in [0.05, 0.1) is 6.61 Å². The quantitative estimate of drug-likeness (QED) is 0.740. The van der Waals surface area contributed by atoms with Crippen molar-refractivity contribution in [3.05, 3.63) is 35.9 Å². The summed E-state index contributed by atoms with van der Waals surface area (Å²) in [4.78, 5) is 34.9. The molecule has 0 saturated heterocycles. The van der Waals surface area contributed by atoms with Crippen molar-refractivity contribution in [3.63, 3.8) is 0 Å². The predicted octanol–water partition coefficient (Wildman–Crippen LogP) is 1.37. The van der Waals surface area contributed by atoms with E-state index < -0.39 is 23.5 Å². The van der Waals surface area contributed by atoms with Gasteiger partial charge in [0.15, 0.2) is 0 Å². The molecule has 1 aromatic carbocycles. The van der Waals surface area contributed by atoms with E-state index in [1.54, 1.807) is 6.92 Å². The lowest BCUT2D eigenvalue weighted by Gasteiger charge is -2.23. The molecule has 1 aromatic rings. The zero-order valence-corrected chi connectivity index (χ0v) is 13.5. The first-order valence-corrected chi connectivity index (χ1v) is 7.28. The van der Waals surface area contributed by atoms with Gasteiger partial charge in [-0.2, -0.15) is 0 Å². The second-order valence-electron chi connectivity index (χ2n) is 5.31. The molecule has 23 heavy (non-hydrogen) atoms. The maximum Gasteiger partial charge on any atom is 0.407 e. The average molecular weight is 322 g/mol. The van der Waals surface area contributed by atoms with Crippen molar-refractivity contribution in [3.8, 4) is 0 Å². The lowest BCUT2D eigenvalue weighted by molar-refractivity contribution is -0.151. The summed E-state index contributed by atoms with van der Waals surface area (Å²) in [5.41, 5.74) is -0.321. The molecule has 0 spiro atoms. The number of esters is 1. The highest BCUT2D eigenvalue weighted by molar-refractivity contribution is 5.89. The monoisotopic (exact) mass is 322 g/mol. The van der Waals surface area contributed by atoms with Gasteiger partial charge in [0.25, 0.3) is 0 Å². The van der Waals surface area contributed by atoms with Crippen LogP contribution < -0.4 is 10.6 Å². The van der Waals surface area contributed by atoms with Crippen molar-refractivity contribution in [2.45, 2.75) is 32.9 Å². The number of ether oxygens (including phenoxy) is 2. The highest BCUT2D eigenvalue weighted by atomic mass is 16.5. The maximum absolute atomic E-state index is 11.8. The molecule has 7 nitrogen and oxygen atoms in total. The summed E-state index contributed by atoms with van der Waals surface area (Å²) in [5, 5.41) is 4.81. The fourth-order valence-corrected chi connectivity index (χ4v) is 1.68. The van der Waals surface area contributed by atoms with E-state index in [-0.39, 0.29) is 19.8 Å². The van der Waals surface area contributed by atoms with Crippen LogP contribution in [0, 0.1) is 0 Å². The Kier molecular flexibility index (Phi) is 7.05. The molecule has 0 fully saturated rings. The molecule has 0 radical (unpaired) electrons. The highest BCUT2D eigenvalue weighted by Crippen LogP contribution is 2.05. The number of hydrogen-bond acceptors (Lipinski definition) is 5. The van der Waals surface area contributed by atoms with Crippen LogP contribution in [0.5, 0.6) is 0 Å². The van der Waals surface area contributed by atoms with Crippen molar-refractivity contribution in [1.82, 2.24) is 10.6 Å². The van der Waals surface area contributed by atoms with E-state index in [1.165, 1.54) is 13.8 Å². The highest BCUT2D eigenvalue weighted by Gasteiger charge is 2.30. The zero-order valence-electron chi connectivity index (χ0n) is 13.5. The summed E-state index contributed by atoms with van der Waals surface area (Å²) in [6.45, 7) is 4.77. The number of rotatable bonds is 7. The maximum atomic E-state index is 11.8. The molecule has 0 atom stereocenters. The van der Waals surface area contributed by atoms with Crippen LogP contribution in [-0.2, 0) is 25.7 Å². The Morgan fingerprint density at radius 2 is 1.74 bits per heavy atom. The molecule has 2 amide bonds. The molecular weight excluding hydrogens is 300 g/mol. The van der Waals surface area contributed by atoms with Crippen molar-refractivity contribution in [1.29, 1.82) is 0 Å². The number of carbonyl (C=O) groups is 3. The van der Waals surface area contributed by atoms with Crippen LogP contribution in [0.3, 0.4) is 0 Å². The van der Waals surface area contributed by atoms with Gasteiger partial charge >= 0.3 is 12.1 Å². The summed E-state index contributed by atoms with van der Waals surface area (Å²) < 4.78 is 9.83. The minimum atomic E-state index is -1.16. The Balaban J connectivity index is 2.32. The topological polar surface area (TPSA) is 93.7 Å². The lowest BCUT2D eigenvalue weighted by atomic mass is 10.1. The van der Waals surface area contributed by atoms with Crippen LogP contribution in [0.25, 0.3) is 0 Å². The molecule has 0 heterocycles. The molecule has 7 heteroatoms. The van der Waals surface area contributed by atoms with Crippen molar-refractivity contribution in [2.75, 3.05) is 13.2 Å². The van der Waals surface area contributed by atoms with E-state index in [0.29, 0.717) is 0 Å². The number of nitrogens with one attached hydrogen (secondary N) is 2. The number of amides is 2. The van der Waals surface area contributed by atoms with Crippen LogP contribution >= 0.6 is 0 Å². The minimum absolute atomic E-state index is 0.114.